The molecule has 124 valence electrons. The number of carbonyl (C=O) groups excluding carboxylic acids is 1. The molecule has 1 aromatic carbocycles. The second-order valence-electron chi connectivity index (χ2n) is 5.51. The summed E-state index contributed by atoms with van der Waals surface area (Å²) in [6.45, 7) is 3.60. The van der Waals surface area contributed by atoms with Gasteiger partial charge in [0.1, 0.15) is 0 Å². The molecule has 2 atom stereocenters. The number of nitrogens with one attached hydrogen (secondary N) is 1. The third kappa shape index (κ3) is 2.66. The van der Waals surface area contributed by atoms with Crippen LogP contribution in [0.25, 0.3) is 0 Å². The first-order chi connectivity index (χ1) is 10.6. The molecule has 0 radical (unpaired) electrons. The van der Waals surface area contributed by atoms with Gasteiger partial charge in [0, 0.05) is 18.2 Å². The molecule has 3 N–H and O–H groups in total. The number of hydrogen-bond acceptors (Lipinski definition) is 5. The average molecular weight is 323 g/mol. The highest BCUT2D eigenvalue weighted by molar-refractivity contribution is 5.92. The van der Waals surface area contributed by atoms with Gasteiger partial charge in [-0.15, -0.1) is 0 Å². The molecule has 2 rings (SSSR count). The lowest BCUT2D eigenvalue weighted by molar-refractivity contribution is -0.177. The van der Waals surface area contributed by atoms with Crippen molar-refractivity contribution >= 4 is 23.5 Å². The third-order valence-electron chi connectivity index (χ3n) is 3.94. The molecule has 8 nitrogen and oxygen atoms in total. The van der Waals surface area contributed by atoms with E-state index in [0.717, 1.165) is 13.8 Å². The molecular weight excluding hydrogens is 306 g/mol. The Morgan fingerprint density at radius 1 is 1.04 bits per heavy atom. The van der Waals surface area contributed by atoms with Gasteiger partial charge in [-0.05, 0) is 19.9 Å². The minimum atomic E-state index is -2.09. The van der Waals surface area contributed by atoms with Crippen LogP contribution in [0.5, 0.6) is 0 Å². The van der Waals surface area contributed by atoms with Crippen LogP contribution in [0.1, 0.15) is 32.6 Å². The predicted octanol–water partition coefficient (Wildman–Crippen LogP) is 1.38. The van der Waals surface area contributed by atoms with Crippen LogP contribution >= 0.6 is 0 Å². The lowest BCUT2D eigenvalue weighted by atomic mass is 9.86. The number of aliphatic carboxylic acids is 2. The van der Waals surface area contributed by atoms with E-state index < -0.39 is 29.4 Å². The molecule has 0 saturated carbocycles. The predicted molar refractivity (Wildman–Crippen MR) is 77.7 cm³/mol. The molecule has 1 saturated heterocycles. The van der Waals surface area contributed by atoms with E-state index in [0.29, 0.717) is 11.3 Å². The monoisotopic (exact) mass is 323 g/mol. The van der Waals surface area contributed by atoms with Crippen molar-refractivity contribution in [2.75, 3.05) is 5.32 Å². The Kier molecular flexibility index (Phi) is 4.14. The lowest BCUT2D eigenvalue weighted by Crippen LogP contribution is -2.57. The van der Waals surface area contributed by atoms with Crippen molar-refractivity contribution in [3.05, 3.63) is 29.8 Å². The largest absolute Gasteiger partial charge is 0.479 e. The molecule has 1 heterocycles. The molecule has 23 heavy (non-hydrogen) atoms. The molecule has 1 aliphatic heterocycles. The van der Waals surface area contributed by atoms with E-state index in [9.17, 15) is 24.6 Å². The van der Waals surface area contributed by atoms with Gasteiger partial charge in [0.05, 0.1) is 0 Å². The zero-order chi connectivity index (χ0) is 17.4. The minimum Gasteiger partial charge on any atom is -0.479 e. The van der Waals surface area contributed by atoms with Gasteiger partial charge in [-0.2, -0.15) is 0 Å². The normalized spacial score (nSPS) is 27.6. The summed E-state index contributed by atoms with van der Waals surface area (Å²) < 4.78 is 10.9. The van der Waals surface area contributed by atoms with E-state index in [1.807, 2.05) is 0 Å². The lowest BCUT2D eigenvalue weighted by Gasteiger charge is -2.29. The van der Waals surface area contributed by atoms with Crippen LogP contribution in [0.2, 0.25) is 0 Å². The molecule has 1 fully saturated rings. The van der Waals surface area contributed by atoms with Gasteiger partial charge in [0.25, 0.3) is 0 Å². The average Bonchev–Trinajstić information content (AvgIpc) is 2.73. The van der Waals surface area contributed by atoms with E-state index in [1.54, 1.807) is 24.3 Å². The smallest absolute Gasteiger partial charge is 0.339 e. The fourth-order valence-corrected chi connectivity index (χ4v) is 2.32. The fraction of sp³-hybridized carbons (Fsp3) is 0.400. The van der Waals surface area contributed by atoms with Crippen molar-refractivity contribution in [3.63, 3.8) is 0 Å². The highest BCUT2D eigenvalue weighted by Crippen LogP contribution is 2.47. The molecule has 1 aliphatic rings. The maximum atomic E-state index is 11.5. The van der Waals surface area contributed by atoms with Crippen LogP contribution in [-0.2, 0) is 23.9 Å². The standard InChI is InChI=1S/C15H17NO7/c1-8(17)16-10-7-5-4-6-9(10)11-22-14(2,12(18)19)15(3,23-11)13(20)21/h4-7,11H,1-3H3,(H,16,17)(H,18,19)(H,20,21)/t14-,15-/m0/s1. The second-order valence-corrected chi connectivity index (χ2v) is 5.51. The van der Waals surface area contributed by atoms with Gasteiger partial charge in [0.15, 0.2) is 6.29 Å². The van der Waals surface area contributed by atoms with E-state index in [-0.39, 0.29) is 5.91 Å². The topological polar surface area (TPSA) is 122 Å². The first-order valence-electron chi connectivity index (χ1n) is 6.81. The van der Waals surface area contributed by atoms with Gasteiger partial charge in [-0.3, -0.25) is 4.79 Å². The molecule has 1 aromatic rings. The van der Waals surface area contributed by atoms with E-state index in [1.165, 1.54) is 6.92 Å². The quantitative estimate of drug-likeness (QED) is 0.765. The number of carboxylic acids is 2. The Labute approximate surface area is 132 Å². The van der Waals surface area contributed by atoms with E-state index >= 15 is 0 Å². The Bertz CT molecular complexity index is 646. The van der Waals surface area contributed by atoms with Crippen LogP contribution in [0.3, 0.4) is 0 Å². The summed E-state index contributed by atoms with van der Waals surface area (Å²) >= 11 is 0. The summed E-state index contributed by atoms with van der Waals surface area (Å²) in [5.41, 5.74) is -3.49. The Morgan fingerprint density at radius 3 is 1.96 bits per heavy atom. The van der Waals surface area contributed by atoms with Gasteiger partial charge in [-0.1, -0.05) is 18.2 Å². The van der Waals surface area contributed by atoms with Crippen LogP contribution in [0, 0.1) is 0 Å². The Morgan fingerprint density at radius 2 is 1.52 bits per heavy atom. The van der Waals surface area contributed by atoms with Crippen molar-refractivity contribution < 1.29 is 34.1 Å². The molecule has 0 spiro atoms. The second kappa shape index (κ2) is 5.64. The molecule has 0 aromatic heterocycles. The summed E-state index contributed by atoms with van der Waals surface area (Å²) in [7, 11) is 0. The van der Waals surface area contributed by atoms with E-state index in [2.05, 4.69) is 5.32 Å². The van der Waals surface area contributed by atoms with Gasteiger partial charge in [-0.25, -0.2) is 9.59 Å². The van der Waals surface area contributed by atoms with Crippen molar-refractivity contribution in [2.24, 2.45) is 0 Å². The number of amides is 1. The third-order valence-corrected chi connectivity index (χ3v) is 3.94. The van der Waals surface area contributed by atoms with Crippen molar-refractivity contribution in [1.82, 2.24) is 0 Å². The Hall–Kier alpha value is -2.45. The number of hydrogen-bond donors (Lipinski definition) is 3. The van der Waals surface area contributed by atoms with Crippen molar-refractivity contribution in [1.29, 1.82) is 0 Å². The molecule has 0 unspecified atom stereocenters. The molecule has 8 heteroatoms. The van der Waals surface area contributed by atoms with Crippen LogP contribution in [-0.4, -0.2) is 39.3 Å². The number of carbonyl (C=O) groups is 3. The number of para-hydroxylation sites is 1. The minimum absolute atomic E-state index is 0.333. The van der Waals surface area contributed by atoms with E-state index in [4.69, 9.17) is 9.47 Å². The maximum absolute atomic E-state index is 11.5. The van der Waals surface area contributed by atoms with Gasteiger partial charge >= 0.3 is 11.9 Å². The maximum Gasteiger partial charge on any atom is 0.339 e. The number of anilines is 1. The number of carboxylic acid groups (broad SMARTS) is 2. The van der Waals surface area contributed by atoms with Crippen molar-refractivity contribution in [3.8, 4) is 0 Å². The fourth-order valence-electron chi connectivity index (χ4n) is 2.32. The summed E-state index contributed by atoms with van der Waals surface area (Å²) in [5, 5.41) is 21.4. The molecule has 1 amide bonds. The summed E-state index contributed by atoms with van der Waals surface area (Å²) in [6.07, 6.45) is -1.25. The van der Waals surface area contributed by atoms with Gasteiger partial charge in [0.2, 0.25) is 17.1 Å². The van der Waals surface area contributed by atoms with Crippen LogP contribution in [0.15, 0.2) is 24.3 Å². The molecular formula is C15H17NO7. The summed E-state index contributed by atoms with van der Waals surface area (Å²) in [5.74, 6) is -3.25. The zero-order valence-electron chi connectivity index (χ0n) is 12.8. The first-order valence-corrected chi connectivity index (χ1v) is 6.81. The highest BCUT2D eigenvalue weighted by Gasteiger charge is 2.65. The number of rotatable bonds is 4. The molecule has 0 aliphatic carbocycles. The van der Waals surface area contributed by atoms with Gasteiger partial charge < -0.3 is 25.0 Å². The number of benzene rings is 1. The Balaban J connectivity index is 2.47. The highest BCUT2D eigenvalue weighted by atomic mass is 16.8. The number of ether oxygens (including phenoxy) is 2. The molecule has 0 bridgehead atoms. The zero-order valence-corrected chi connectivity index (χ0v) is 12.8. The van der Waals surface area contributed by atoms with Crippen LogP contribution in [0.4, 0.5) is 5.69 Å². The summed E-state index contributed by atoms with van der Waals surface area (Å²) in [6, 6.07) is 6.45. The summed E-state index contributed by atoms with van der Waals surface area (Å²) in [4.78, 5) is 34.4. The van der Waals surface area contributed by atoms with Crippen LogP contribution < -0.4 is 5.32 Å². The first kappa shape index (κ1) is 16.9. The van der Waals surface area contributed by atoms with Crippen molar-refractivity contribution in [2.45, 2.75) is 38.3 Å². The SMILES string of the molecule is CC(=O)Nc1ccccc1C1O[C@@](C)(C(=O)O)[C@](C)(C(=O)O)O1.